The summed E-state index contributed by atoms with van der Waals surface area (Å²) >= 11 is 0. The molecule has 0 aromatic heterocycles. The van der Waals surface area contributed by atoms with Gasteiger partial charge in [-0.05, 0) is 18.6 Å². The molecule has 0 aliphatic rings. The molecule has 0 saturated heterocycles. The molecule has 0 nitrogen and oxygen atoms in total. The van der Waals surface area contributed by atoms with Crippen LogP contribution in [0.4, 0.5) is 74.6 Å². The molecule has 0 fully saturated rings. The molecule has 0 aliphatic heterocycles. The fraction of sp³-hybridized carbons (Fsp3) is 0.529. The Balaban J connectivity index is 3.57. The summed E-state index contributed by atoms with van der Waals surface area (Å²) in [6.07, 6.45) is -9.07. The lowest BCUT2D eigenvalue weighted by Gasteiger charge is -2.42. The van der Waals surface area contributed by atoms with E-state index in [0.717, 1.165) is 24.3 Å². The highest BCUT2D eigenvalue weighted by Gasteiger charge is 2.95. The van der Waals surface area contributed by atoms with Crippen LogP contribution in [-0.4, -0.2) is 47.6 Å². The van der Waals surface area contributed by atoms with Crippen LogP contribution >= 0.6 is 0 Å². The Morgan fingerprint density at radius 1 is 0.471 bits per heavy atom. The highest BCUT2D eigenvalue weighted by molar-refractivity contribution is 5.51. The minimum absolute atomic E-state index is 0.0911. The Morgan fingerprint density at radius 3 is 1.15 bits per heavy atom. The van der Waals surface area contributed by atoms with Crippen molar-refractivity contribution in [3.05, 3.63) is 41.5 Å². The van der Waals surface area contributed by atoms with E-state index in [2.05, 4.69) is 0 Å². The smallest absolute Gasteiger partial charge is 0.195 e. The number of rotatable bonds is 8. The lowest BCUT2D eigenvalue weighted by atomic mass is 9.89. The normalized spacial score (nSPS) is 15.8. The van der Waals surface area contributed by atoms with E-state index in [4.69, 9.17) is 0 Å². The standard InChI is InChI=1S/C17H9F17/c1-8-2-4-9(5-3-8)6-7-10(18,19)11(20,21)12(22,23)13(24,25)14(26,27)15(28,29)16(30,31)17(32,33)34/h2-7H,1H3/b7-6+. The molecule has 196 valence electrons. The van der Waals surface area contributed by atoms with Crippen molar-refractivity contribution in [2.45, 2.75) is 54.6 Å². The van der Waals surface area contributed by atoms with E-state index in [9.17, 15) is 74.6 Å². The van der Waals surface area contributed by atoms with Crippen LogP contribution in [0.3, 0.4) is 0 Å². The van der Waals surface area contributed by atoms with Gasteiger partial charge in [0.2, 0.25) is 0 Å². The van der Waals surface area contributed by atoms with E-state index in [-0.39, 0.29) is 6.08 Å². The number of hydrogen-bond acceptors (Lipinski definition) is 0. The molecular formula is C17H9F17. The van der Waals surface area contributed by atoms with Crippen molar-refractivity contribution in [2.24, 2.45) is 0 Å². The van der Waals surface area contributed by atoms with Gasteiger partial charge in [0, 0.05) is 0 Å². The van der Waals surface area contributed by atoms with Gasteiger partial charge in [0.05, 0.1) is 0 Å². The van der Waals surface area contributed by atoms with Crippen LogP contribution in [0.25, 0.3) is 6.08 Å². The van der Waals surface area contributed by atoms with Crippen LogP contribution in [0.15, 0.2) is 30.3 Å². The minimum Gasteiger partial charge on any atom is -0.195 e. The van der Waals surface area contributed by atoms with Gasteiger partial charge in [0.25, 0.3) is 0 Å². The number of alkyl halides is 17. The second kappa shape index (κ2) is 8.17. The van der Waals surface area contributed by atoms with Crippen LogP contribution in [0.2, 0.25) is 0 Å². The quantitative estimate of drug-likeness (QED) is 0.296. The third-order valence-electron chi connectivity index (χ3n) is 4.31. The van der Waals surface area contributed by atoms with Crippen LogP contribution in [0, 0.1) is 6.92 Å². The summed E-state index contributed by atoms with van der Waals surface area (Å²) in [7, 11) is 0. The van der Waals surface area contributed by atoms with Gasteiger partial charge in [-0.15, -0.1) is 0 Å². The first kappa shape index (κ1) is 29.8. The summed E-state index contributed by atoms with van der Waals surface area (Å²) < 4.78 is 223. The van der Waals surface area contributed by atoms with E-state index >= 15 is 0 Å². The summed E-state index contributed by atoms with van der Waals surface area (Å²) in [6, 6.07) is 4.12. The van der Waals surface area contributed by atoms with Crippen molar-refractivity contribution >= 4 is 6.08 Å². The number of benzene rings is 1. The number of halogens is 17. The average molecular weight is 536 g/mol. The fourth-order valence-corrected chi connectivity index (χ4v) is 2.16. The van der Waals surface area contributed by atoms with Crippen molar-refractivity contribution < 1.29 is 74.6 Å². The van der Waals surface area contributed by atoms with Crippen molar-refractivity contribution in [1.29, 1.82) is 0 Å². The largest absolute Gasteiger partial charge is 0.460 e. The van der Waals surface area contributed by atoms with Gasteiger partial charge in [-0.1, -0.05) is 35.9 Å². The van der Waals surface area contributed by atoms with Gasteiger partial charge < -0.3 is 0 Å². The zero-order valence-corrected chi connectivity index (χ0v) is 15.9. The summed E-state index contributed by atoms with van der Waals surface area (Å²) in [4.78, 5) is 0. The van der Waals surface area contributed by atoms with E-state index in [1.165, 1.54) is 6.92 Å². The molecule has 0 bridgehead atoms. The first-order chi connectivity index (χ1) is 14.7. The minimum atomic E-state index is -8.62. The van der Waals surface area contributed by atoms with Crippen LogP contribution in [0.1, 0.15) is 11.1 Å². The zero-order valence-electron chi connectivity index (χ0n) is 15.9. The zero-order chi connectivity index (χ0) is 27.4. The molecule has 0 spiro atoms. The van der Waals surface area contributed by atoms with Gasteiger partial charge in [-0.3, -0.25) is 0 Å². The van der Waals surface area contributed by atoms with Gasteiger partial charge >= 0.3 is 47.6 Å². The Hall–Kier alpha value is -2.23. The van der Waals surface area contributed by atoms with Crippen molar-refractivity contribution in [3.8, 4) is 0 Å². The van der Waals surface area contributed by atoms with Gasteiger partial charge in [-0.25, -0.2) is 0 Å². The summed E-state index contributed by atoms with van der Waals surface area (Å²) in [5.41, 5.74) is -0.00272. The topological polar surface area (TPSA) is 0 Å². The Kier molecular flexibility index (Phi) is 7.16. The molecule has 0 N–H and O–H groups in total. The second-order valence-corrected chi connectivity index (χ2v) is 6.81. The summed E-state index contributed by atoms with van der Waals surface area (Å²) in [5, 5.41) is 0. The van der Waals surface area contributed by atoms with Crippen LogP contribution in [0.5, 0.6) is 0 Å². The number of hydrogen-bond donors (Lipinski definition) is 0. The maximum Gasteiger partial charge on any atom is 0.460 e. The van der Waals surface area contributed by atoms with Gasteiger partial charge in [0.1, 0.15) is 0 Å². The predicted octanol–water partition coefficient (Wildman–Crippen LogP) is 8.02. The van der Waals surface area contributed by atoms with E-state index in [0.29, 0.717) is 5.56 Å². The van der Waals surface area contributed by atoms with Crippen molar-refractivity contribution in [2.75, 3.05) is 0 Å². The molecule has 34 heavy (non-hydrogen) atoms. The maximum absolute atomic E-state index is 13.7. The molecule has 0 atom stereocenters. The van der Waals surface area contributed by atoms with E-state index in [1.54, 1.807) is 0 Å². The van der Waals surface area contributed by atoms with Crippen molar-refractivity contribution in [3.63, 3.8) is 0 Å². The SMILES string of the molecule is Cc1ccc(/C=C/C(F)(F)C(F)(F)C(F)(F)C(F)(F)C(F)(F)C(F)(F)C(F)(F)C(F)(F)F)cc1. The second-order valence-electron chi connectivity index (χ2n) is 6.81. The highest BCUT2D eigenvalue weighted by atomic mass is 19.4. The summed E-state index contributed by atoms with van der Waals surface area (Å²) in [5.74, 6) is -56.4. The molecule has 17 heteroatoms. The Labute approximate surface area is 178 Å². The molecule has 0 radical (unpaired) electrons. The molecule has 1 rings (SSSR count). The van der Waals surface area contributed by atoms with Crippen LogP contribution in [-0.2, 0) is 0 Å². The molecular weight excluding hydrogens is 527 g/mol. The Bertz CT molecular complexity index is 890. The van der Waals surface area contributed by atoms with E-state index in [1.807, 2.05) is 0 Å². The summed E-state index contributed by atoms with van der Waals surface area (Å²) in [6.45, 7) is 1.44. The van der Waals surface area contributed by atoms with Gasteiger partial charge in [0.15, 0.2) is 0 Å². The van der Waals surface area contributed by atoms with Crippen molar-refractivity contribution in [1.82, 2.24) is 0 Å². The molecule has 0 unspecified atom stereocenters. The molecule has 0 amide bonds. The third-order valence-corrected chi connectivity index (χ3v) is 4.31. The lowest BCUT2D eigenvalue weighted by Crippen LogP contribution is -2.74. The van der Waals surface area contributed by atoms with Gasteiger partial charge in [-0.2, -0.15) is 74.6 Å². The molecule has 0 saturated carbocycles. The first-order valence-electron chi connectivity index (χ1n) is 8.19. The monoisotopic (exact) mass is 536 g/mol. The Morgan fingerprint density at radius 2 is 0.794 bits per heavy atom. The highest BCUT2D eigenvalue weighted by Crippen LogP contribution is 2.64. The van der Waals surface area contributed by atoms with Crippen LogP contribution < -0.4 is 0 Å². The average Bonchev–Trinajstić information content (AvgIpc) is 2.65. The lowest BCUT2D eigenvalue weighted by molar-refractivity contribution is -0.459. The third kappa shape index (κ3) is 4.18. The molecule has 0 aliphatic carbocycles. The number of allylic oxidation sites excluding steroid dienone is 1. The molecule has 0 heterocycles. The number of aryl methyl sites for hydroxylation is 1. The van der Waals surface area contributed by atoms with E-state index < -0.39 is 59.3 Å². The maximum atomic E-state index is 13.7. The fourth-order valence-electron chi connectivity index (χ4n) is 2.16. The predicted molar refractivity (Wildman–Crippen MR) is 80.9 cm³/mol. The molecule has 1 aromatic carbocycles. The molecule has 1 aromatic rings. The first-order valence-corrected chi connectivity index (χ1v) is 8.19.